The minimum absolute atomic E-state index is 0. The van der Waals surface area contributed by atoms with E-state index in [1.54, 1.807) is 74.0 Å². The number of nitrogens with two attached hydrogens (primary N) is 1. The molecule has 3 radical (unpaired) electrons. The average Bonchev–Trinajstić information content (AvgIpc) is 1.69. The van der Waals surface area contributed by atoms with Crippen molar-refractivity contribution in [2.45, 2.75) is 219 Å². The molecular weight excluding hydrogens is 1950 g/mol. The number of nitrogen functional groups attached to an aromatic ring is 1. The molecule has 2 aliphatic heterocycles. The van der Waals surface area contributed by atoms with Crippen molar-refractivity contribution < 1.29 is 108 Å². The molecule has 11 heterocycles. The number of allylic oxidation sites excluding steroid dienone is 1. The summed E-state index contributed by atoms with van der Waals surface area (Å²) in [4.78, 5) is 87.4. The second-order valence-electron chi connectivity index (χ2n) is 27.9. The number of H-pyrrole nitrogens is 2. The molecule has 0 saturated heterocycles. The molecule has 0 aromatic carbocycles. The van der Waals surface area contributed by atoms with Crippen LogP contribution in [0.1, 0.15) is 225 Å². The number of fused-ring (bicyclic) bond motifs is 5. The van der Waals surface area contributed by atoms with Crippen LogP contribution >= 0.6 is 96.0 Å². The normalized spacial score (nSPS) is 12.3. The summed E-state index contributed by atoms with van der Waals surface area (Å²) in [6.45, 7) is 47.2. The molecule has 28 nitrogen and oxygen atoms in total. The number of rotatable bonds is 10. The molecule has 38 heteroatoms. The summed E-state index contributed by atoms with van der Waals surface area (Å²) in [6, 6.07) is 6.57. The Kier molecular flexibility index (Phi) is 50.6. The van der Waals surface area contributed by atoms with Gasteiger partial charge in [0.05, 0.1) is 43.7 Å². The molecule has 1 amide bonds. The third-order valence-electron chi connectivity index (χ3n) is 14.7. The Labute approximate surface area is 739 Å². The van der Waals surface area contributed by atoms with Crippen molar-refractivity contribution in [3.63, 3.8) is 0 Å². The van der Waals surface area contributed by atoms with Gasteiger partial charge in [-0.05, 0) is 142 Å². The second kappa shape index (κ2) is 51.3. The maximum atomic E-state index is 11.4. The van der Waals surface area contributed by atoms with Gasteiger partial charge < -0.3 is 35.1 Å². The minimum atomic E-state index is -0.951. The molecule has 0 aliphatic carbocycles. The van der Waals surface area contributed by atoms with Gasteiger partial charge >= 0.3 is 23.9 Å². The first kappa shape index (κ1) is 109. The molecule has 11 rings (SSSR count). The van der Waals surface area contributed by atoms with Crippen LogP contribution in [0.3, 0.4) is 0 Å². The SMILES string of the molecule is CC(C)(C)OC(=O)C(=O)OC(C)(C)C.CC(C)C1=C2NC(=O)C=C(O)C2N=C1.CC(C)c1c[nH]n2c(=O)cc(Cl)nc12.CC(C)c1cn[nH]c1N.CCOC(=O)CC(=O)OCC.Cc1cc(C)n2ncc(C(C)C)c2n1.Cc1cc(Cl)nc2c(C(C)C)cnn12.Cc1cc(Cl)nc2c(C(C)C)cnn12.F.I.II.[V].[V].[V]. The average molecular weight is 2050 g/mol. The Morgan fingerprint density at radius 3 is 1.31 bits per heavy atom. The Morgan fingerprint density at radius 2 is 0.955 bits per heavy atom. The molecule has 6 N–H and O–H groups in total. The monoisotopic (exact) mass is 2050 g/mol. The Morgan fingerprint density at radius 1 is 0.577 bits per heavy atom. The van der Waals surface area contributed by atoms with Crippen LogP contribution in [0.15, 0.2) is 88.1 Å². The van der Waals surface area contributed by atoms with Gasteiger partial charge in [-0.3, -0.25) is 39.1 Å². The van der Waals surface area contributed by atoms with Crippen LogP contribution < -0.4 is 16.6 Å². The van der Waals surface area contributed by atoms with E-state index in [2.05, 4.69) is 170 Å². The van der Waals surface area contributed by atoms with E-state index in [4.69, 9.17) is 50.0 Å². The number of nitrogens with one attached hydrogen (secondary N) is 3. The third kappa shape index (κ3) is 34.7. The van der Waals surface area contributed by atoms with Gasteiger partial charge in [-0.2, -0.15) is 20.4 Å². The van der Waals surface area contributed by atoms with Crippen molar-refractivity contribution in [1.82, 2.24) is 73.9 Å². The number of aromatic amines is 2. The number of carbonyl (C=O) groups excluding carboxylic acids is 5. The predicted octanol–water partition coefficient (Wildman–Crippen LogP) is 16.6. The number of aryl methyl sites for hydroxylation is 4. The number of anilines is 1. The van der Waals surface area contributed by atoms with Crippen molar-refractivity contribution in [2.24, 2.45) is 10.9 Å². The quantitative estimate of drug-likeness (QED) is 0.0212. The van der Waals surface area contributed by atoms with Crippen LogP contribution in [0.2, 0.25) is 15.5 Å². The van der Waals surface area contributed by atoms with Gasteiger partial charge in [0.15, 0.2) is 22.6 Å². The van der Waals surface area contributed by atoms with Crippen LogP contribution in [0, 0.1) is 33.6 Å². The Balaban J connectivity index is -0.00000119. The van der Waals surface area contributed by atoms with E-state index in [0.29, 0.717) is 57.3 Å². The summed E-state index contributed by atoms with van der Waals surface area (Å²) in [6.07, 6.45) is 11.8. The number of carbonyl (C=O) groups is 5. The number of aliphatic hydroxyl groups is 1. The molecule has 111 heavy (non-hydrogen) atoms. The number of nitrogens with zero attached hydrogens (tertiary/aromatic N) is 13. The molecule has 2 aliphatic rings. The van der Waals surface area contributed by atoms with Gasteiger partial charge in [0.1, 0.15) is 50.7 Å². The summed E-state index contributed by atoms with van der Waals surface area (Å²) in [7, 11) is 0. The van der Waals surface area contributed by atoms with E-state index >= 15 is 0 Å². The van der Waals surface area contributed by atoms with Crippen LogP contribution in [-0.4, -0.2) is 140 Å². The number of hydrogen-bond acceptors (Lipinski definition) is 21. The van der Waals surface area contributed by atoms with Crippen LogP contribution in [0.5, 0.6) is 0 Å². The van der Waals surface area contributed by atoms with E-state index in [1.807, 2.05) is 98.8 Å². The van der Waals surface area contributed by atoms with Gasteiger partial charge in [-0.25, -0.2) is 47.6 Å². The summed E-state index contributed by atoms with van der Waals surface area (Å²) < 4.78 is 25.6. The van der Waals surface area contributed by atoms with Gasteiger partial charge in [-0.15, -0.1) is 24.0 Å². The van der Waals surface area contributed by atoms with Crippen molar-refractivity contribution in [3.8, 4) is 0 Å². The van der Waals surface area contributed by atoms with E-state index in [0.717, 1.165) is 73.2 Å². The zero-order chi connectivity index (χ0) is 80.6. The smallest absolute Gasteiger partial charge is 0.418 e. The van der Waals surface area contributed by atoms with E-state index in [-0.39, 0.29) is 132 Å². The fourth-order valence-corrected chi connectivity index (χ4v) is 10.3. The molecular formula is C73H104Cl3FI3N17O11V3. The second-order valence-corrected chi connectivity index (χ2v) is 29.0. The zero-order valence-corrected chi connectivity index (χ0v) is 80.1. The van der Waals surface area contributed by atoms with Crippen molar-refractivity contribution >= 4 is 160 Å². The standard InChI is InChI=1S/C11H15N3.2C10H12ClN3.C10H12N2O2.C10H18O4.C9H10ClN3O.C7H12O4.C6H11N3.FH.I2.HI.3V/c1-7(2)10-6-12-14-9(4)5-8(3)13-11(10)14;2*1-6(2)8-5-12-14-7(3)4-9(11)13-10(8)14;1-5(2)6-4-11-10-7(13)3-8(14)12-9(6)10;1-9(2,3)13-7(11)8(12)14-10(4,5)6;1-5(2)6-4-11-13-8(14)3-7(10)12-9(6)13;1-3-10-6(8)5-7(9)11-4-2;1-4(2)5-3-8-9-6(5)7;;1-2;;;;/h5-7H,1-4H3;2*4-6H,1-3H3;3-5,10,13H,1-2H3,(H,12,14);1-6H3;3-5,11H,1-2H3;3-5H2,1-2H3;3-4H,1-2H3,(H3,7,8,9);1H;;1H;;;. The fraction of sp³-hybridized carbons (Fsp3) is 0.493. The van der Waals surface area contributed by atoms with Crippen LogP contribution in [-0.2, 0) is 98.6 Å². The maximum absolute atomic E-state index is 11.4. The molecule has 9 aromatic heterocycles. The molecule has 0 fully saturated rings. The Bertz CT molecular complexity index is 4370. The number of esters is 4. The number of hydrogen-bond donors (Lipinski definition) is 5. The molecule has 0 saturated carbocycles. The third-order valence-corrected chi connectivity index (χ3v) is 15.2. The number of aliphatic imine (C=N–C) groups is 1. The van der Waals surface area contributed by atoms with Gasteiger partial charge in [-0.1, -0.05) is 118 Å². The van der Waals surface area contributed by atoms with Crippen molar-refractivity contribution in [2.75, 3.05) is 18.9 Å². The van der Waals surface area contributed by atoms with Crippen LogP contribution in [0.25, 0.3) is 22.6 Å². The number of amides is 1. The molecule has 9 aromatic rings. The number of halogens is 7. The maximum Gasteiger partial charge on any atom is 0.418 e. The van der Waals surface area contributed by atoms with Crippen LogP contribution in [0.4, 0.5) is 10.5 Å². The van der Waals surface area contributed by atoms with Crippen molar-refractivity contribution in [3.05, 3.63) is 155 Å². The number of ether oxygens (including phenoxy) is 4. The van der Waals surface area contributed by atoms with Crippen molar-refractivity contribution in [1.29, 1.82) is 0 Å². The summed E-state index contributed by atoms with van der Waals surface area (Å²) in [5.74, 6) is -0.179. The molecule has 0 bridgehead atoms. The Hall–Kier alpha value is -5.67. The summed E-state index contributed by atoms with van der Waals surface area (Å²) >= 11 is 21.8. The van der Waals surface area contributed by atoms with Gasteiger partial charge in [0.2, 0.25) is 0 Å². The number of aliphatic hydroxyl groups excluding tert-OH is 1. The van der Waals surface area contributed by atoms with Gasteiger partial charge in [0.25, 0.3) is 11.5 Å². The first-order valence-electron chi connectivity index (χ1n) is 34.2. The molecule has 1 unspecified atom stereocenters. The van der Waals surface area contributed by atoms with E-state index in [9.17, 15) is 33.9 Å². The first-order chi connectivity index (χ1) is 49.4. The molecule has 1 atom stereocenters. The minimum Gasteiger partial charge on any atom is -0.509 e. The van der Waals surface area contributed by atoms with E-state index in [1.165, 1.54) is 22.2 Å². The number of aromatic nitrogens is 14. The van der Waals surface area contributed by atoms with E-state index < -0.39 is 35.1 Å². The van der Waals surface area contributed by atoms with Gasteiger partial charge in [0, 0.05) is 168 Å². The topological polar surface area (TPSA) is 362 Å². The molecule has 611 valence electrons. The largest absolute Gasteiger partial charge is 0.509 e. The summed E-state index contributed by atoms with van der Waals surface area (Å²) in [5.41, 5.74) is 18.8. The molecule has 0 spiro atoms. The first-order valence-corrected chi connectivity index (χ1v) is 41.6. The summed E-state index contributed by atoms with van der Waals surface area (Å²) in [5, 5.41) is 35.7. The fourth-order valence-electron chi connectivity index (χ4n) is 9.70. The predicted molar refractivity (Wildman–Crippen MR) is 451 cm³/mol. The zero-order valence-electron chi connectivity index (χ0n) is 67.0.